The average molecular weight is 186 g/mol. The molecule has 0 aromatic carbocycles. The second-order valence-electron chi connectivity index (χ2n) is 4.83. The number of nitrogens with zero attached hydrogens (tertiary/aromatic N) is 2. The van der Waals surface area contributed by atoms with E-state index in [9.17, 15) is 4.79 Å². The first-order valence-corrected chi connectivity index (χ1v) is 4.62. The van der Waals surface area contributed by atoms with E-state index in [1.165, 1.54) is 0 Å². The standard InChI is InChI=1S/C10H22N2O/c1-8(10(2,3)4)12(7)9(13)11(5)6/h8H,1-7H3. The summed E-state index contributed by atoms with van der Waals surface area (Å²) in [5.41, 5.74) is 0.125. The minimum atomic E-state index is 0.0578. The van der Waals surface area contributed by atoms with Crippen molar-refractivity contribution in [2.45, 2.75) is 33.7 Å². The van der Waals surface area contributed by atoms with E-state index in [0.717, 1.165) is 0 Å². The highest BCUT2D eigenvalue weighted by Crippen LogP contribution is 2.23. The zero-order valence-corrected chi connectivity index (χ0v) is 9.88. The van der Waals surface area contributed by atoms with Crippen LogP contribution in [0.5, 0.6) is 0 Å². The number of amides is 2. The maximum Gasteiger partial charge on any atom is 0.319 e. The molecule has 0 N–H and O–H groups in total. The van der Waals surface area contributed by atoms with Crippen LogP contribution < -0.4 is 0 Å². The van der Waals surface area contributed by atoms with Crippen molar-refractivity contribution in [1.82, 2.24) is 9.80 Å². The van der Waals surface area contributed by atoms with Gasteiger partial charge < -0.3 is 9.80 Å². The lowest BCUT2D eigenvalue weighted by Gasteiger charge is -2.36. The van der Waals surface area contributed by atoms with Crippen LogP contribution in [0.1, 0.15) is 27.7 Å². The van der Waals surface area contributed by atoms with E-state index in [-0.39, 0.29) is 17.5 Å². The molecule has 0 saturated carbocycles. The first-order valence-electron chi connectivity index (χ1n) is 4.62. The molecule has 3 nitrogen and oxygen atoms in total. The molecule has 13 heavy (non-hydrogen) atoms. The van der Waals surface area contributed by atoms with Crippen molar-refractivity contribution < 1.29 is 4.79 Å². The fourth-order valence-electron chi connectivity index (χ4n) is 1.06. The third-order valence-electron chi connectivity index (χ3n) is 2.52. The van der Waals surface area contributed by atoms with E-state index in [4.69, 9.17) is 0 Å². The molecule has 0 fully saturated rings. The summed E-state index contributed by atoms with van der Waals surface area (Å²) in [6.07, 6.45) is 0. The van der Waals surface area contributed by atoms with Crippen LogP contribution in [0.3, 0.4) is 0 Å². The number of urea groups is 1. The highest BCUT2D eigenvalue weighted by Gasteiger charge is 2.27. The third-order valence-corrected chi connectivity index (χ3v) is 2.52. The summed E-state index contributed by atoms with van der Waals surface area (Å²) in [5, 5.41) is 0. The molecule has 0 aliphatic carbocycles. The van der Waals surface area contributed by atoms with E-state index in [1.54, 1.807) is 23.9 Å². The predicted octanol–water partition coefficient (Wildman–Crippen LogP) is 2.03. The largest absolute Gasteiger partial charge is 0.331 e. The lowest BCUT2D eigenvalue weighted by atomic mass is 9.87. The van der Waals surface area contributed by atoms with Gasteiger partial charge >= 0.3 is 6.03 Å². The Bertz CT molecular complexity index is 182. The van der Waals surface area contributed by atoms with Crippen LogP contribution in [0.15, 0.2) is 0 Å². The SMILES string of the molecule is CC(N(C)C(=O)N(C)C)C(C)(C)C. The Balaban J connectivity index is 4.43. The van der Waals surface area contributed by atoms with Gasteiger partial charge in [0.1, 0.15) is 0 Å². The molecular formula is C10H22N2O. The molecule has 0 radical (unpaired) electrons. The van der Waals surface area contributed by atoms with Gasteiger partial charge in [0.2, 0.25) is 0 Å². The summed E-state index contributed by atoms with van der Waals surface area (Å²) in [6, 6.07) is 0.296. The molecule has 0 aliphatic rings. The summed E-state index contributed by atoms with van der Waals surface area (Å²) in [5.74, 6) is 0. The molecule has 1 unspecified atom stereocenters. The van der Waals surface area contributed by atoms with Crippen molar-refractivity contribution in [3.05, 3.63) is 0 Å². The third kappa shape index (κ3) is 3.25. The van der Waals surface area contributed by atoms with Crippen LogP contribution in [0, 0.1) is 5.41 Å². The zero-order valence-electron chi connectivity index (χ0n) is 9.88. The van der Waals surface area contributed by atoms with Crippen molar-refractivity contribution in [2.75, 3.05) is 21.1 Å². The summed E-state index contributed by atoms with van der Waals surface area (Å²) in [4.78, 5) is 15.0. The smallest absolute Gasteiger partial charge is 0.319 e. The van der Waals surface area contributed by atoms with Gasteiger partial charge in [0.15, 0.2) is 0 Å². The summed E-state index contributed by atoms with van der Waals surface area (Å²) in [7, 11) is 5.39. The molecule has 0 spiro atoms. The molecular weight excluding hydrogens is 164 g/mol. The highest BCUT2D eigenvalue weighted by molar-refractivity contribution is 5.73. The van der Waals surface area contributed by atoms with Gasteiger partial charge in [-0.15, -0.1) is 0 Å². The Morgan fingerprint density at radius 2 is 1.54 bits per heavy atom. The second-order valence-corrected chi connectivity index (χ2v) is 4.83. The van der Waals surface area contributed by atoms with Gasteiger partial charge in [-0.25, -0.2) is 4.79 Å². The normalized spacial score (nSPS) is 13.8. The number of carbonyl (C=O) groups excluding carboxylic acids is 1. The molecule has 0 aromatic rings. The van der Waals surface area contributed by atoms with Crippen LogP contribution in [0.4, 0.5) is 4.79 Å². The van der Waals surface area contributed by atoms with Gasteiger partial charge in [0, 0.05) is 27.2 Å². The topological polar surface area (TPSA) is 23.6 Å². The molecule has 0 saturated heterocycles. The fraction of sp³-hybridized carbons (Fsp3) is 0.900. The first kappa shape index (κ1) is 12.3. The molecule has 3 heteroatoms. The Morgan fingerprint density at radius 1 is 1.15 bits per heavy atom. The summed E-state index contributed by atoms with van der Waals surface area (Å²) >= 11 is 0. The Kier molecular flexibility index (Phi) is 3.76. The van der Waals surface area contributed by atoms with E-state index < -0.39 is 0 Å². The summed E-state index contributed by atoms with van der Waals surface area (Å²) < 4.78 is 0. The quantitative estimate of drug-likeness (QED) is 0.614. The molecule has 0 aliphatic heterocycles. The van der Waals surface area contributed by atoms with Gasteiger partial charge in [-0.1, -0.05) is 20.8 Å². The van der Waals surface area contributed by atoms with Gasteiger partial charge in [-0.05, 0) is 12.3 Å². The van der Waals surface area contributed by atoms with Gasteiger partial charge in [0.25, 0.3) is 0 Å². The van der Waals surface area contributed by atoms with E-state index in [0.29, 0.717) is 0 Å². The summed E-state index contributed by atoms with van der Waals surface area (Å²) in [6.45, 7) is 8.48. The minimum absolute atomic E-state index is 0.0578. The maximum atomic E-state index is 11.6. The van der Waals surface area contributed by atoms with Crippen LogP contribution in [0.25, 0.3) is 0 Å². The monoisotopic (exact) mass is 186 g/mol. The number of hydrogen-bond acceptors (Lipinski definition) is 1. The van der Waals surface area contributed by atoms with Gasteiger partial charge in [0.05, 0.1) is 0 Å². The van der Waals surface area contributed by atoms with Crippen molar-refractivity contribution in [3.8, 4) is 0 Å². The lowest BCUT2D eigenvalue weighted by Crippen LogP contribution is -2.47. The molecule has 0 aromatic heterocycles. The van der Waals surface area contributed by atoms with Crippen molar-refractivity contribution in [3.63, 3.8) is 0 Å². The van der Waals surface area contributed by atoms with Crippen molar-refractivity contribution in [1.29, 1.82) is 0 Å². The molecule has 0 bridgehead atoms. The average Bonchev–Trinajstić information content (AvgIpc) is 1.98. The molecule has 0 heterocycles. The predicted molar refractivity (Wildman–Crippen MR) is 55.8 cm³/mol. The van der Waals surface area contributed by atoms with Crippen LogP contribution in [-0.2, 0) is 0 Å². The maximum absolute atomic E-state index is 11.6. The van der Waals surface area contributed by atoms with E-state index in [2.05, 4.69) is 27.7 Å². The Labute approximate surface area is 81.7 Å². The number of hydrogen-bond donors (Lipinski definition) is 0. The molecule has 2 amide bonds. The Hall–Kier alpha value is -0.730. The first-order chi connectivity index (χ1) is 5.68. The van der Waals surface area contributed by atoms with Gasteiger partial charge in [-0.2, -0.15) is 0 Å². The highest BCUT2D eigenvalue weighted by atomic mass is 16.2. The minimum Gasteiger partial charge on any atom is -0.331 e. The van der Waals surface area contributed by atoms with Crippen LogP contribution in [-0.4, -0.2) is 43.0 Å². The second kappa shape index (κ2) is 3.99. The number of carbonyl (C=O) groups is 1. The Morgan fingerprint density at radius 3 is 1.77 bits per heavy atom. The number of rotatable bonds is 1. The van der Waals surface area contributed by atoms with Crippen molar-refractivity contribution in [2.24, 2.45) is 5.41 Å². The zero-order chi connectivity index (χ0) is 10.8. The fourth-order valence-corrected chi connectivity index (χ4v) is 1.06. The van der Waals surface area contributed by atoms with Crippen molar-refractivity contribution >= 4 is 6.03 Å². The lowest BCUT2D eigenvalue weighted by molar-refractivity contribution is 0.127. The molecule has 0 rings (SSSR count). The van der Waals surface area contributed by atoms with Gasteiger partial charge in [-0.3, -0.25) is 0 Å². The molecule has 1 atom stereocenters. The van der Waals surface area contributed by atoms with Crippen LogP contribution in [0.2, 0.25) is 0 Å². The van der Waals surface area contributed by atoms with Crippen LogP contribution >= 0.6 is 0 Å². The molecule has 78 valence electrons. The van der Waals surface area contributed by atoms with E-state index >= 15 is 0 Å². The van der Waals surface area contributed by atoms with E-state index in [1.807, 2.05) is 7.05 Å².